The van der Waals surface area contributed by atoms with Crippen LogP contribution in [0.25, 0.3) is 0 Å². The Bertz CT molecular complexity index is 851. The normalized spacial score (nSPS) is 11.5. The second-order valence-corrected chi connectivity index (χ2v) is 9.03. The van der Waals surface area contributed by atoms with Gasteiger partial charge in [0.15, 0.2) is 0 Å². The van der Waals surface area contributed by atoms with Gasteiger partial charge in [0, 0.05) is 0 Å². The van der Waals surface area contributed by atoms with Crippen molar-refractivity contribution < 1.29 is 18.1 Å². The molecule has 0 aliphatic rings. The standard InChI is InChI=1S/C26H31O4P/c27-31(29-22-19-25-14-6-2-7-15-25,30-23-20-26-16-8-3-9-17-26)28-21-11-10-18-24-12-4-1-5-13-24/h1-9,12-17H,10-11,18-23H2. The predicted molar refractivity (Wildman–Crippen MR) is 125 cm³/mol. The minimum absolute atomic E-state index is 0.288. The Morgan fingerprint density at radius 2 is 0.871 bits per heavy atom. The van der Waals surface area contributed by atoms with E-state index in [1.54, 1.807) is 0 Å². The van der Waals surface area contributed by atoms with Crippen molar-refractivity contribution in [1.82, 2.24) is 0 Å². The van der Waals surface area contributed by atoms with E-state index in [-0.39, 0.29) is 13.2 Å². The second-order valence-electron chi connectivity index (χ2n) is 7.36. The van der Waals surface area contributed by atoms with Gasteiger partial charge >= 0.3 is 7.82 Å². The van der Waals surface area contributed by atoms with Gasteiger partial charge in [-0.2, -0.15) is 0 Å². The Kier molecular flexibility index (Phi) is 10.0. The lowest BCUT2D eigenvalue weighted by atomic mass is 10.1. The molecule has 31 heavy (non-hydrogen) atoms. The van der Waals surface area contributed by atoms with Crippen molar-refractivity contribution in [3.63, 3.8) is 0 Å². The SMILES string of the molecule is O=P(OCCCCc1ccccc1)(OCCc1ccccc1)OCCc1ccccc1. The molecule has 0 unspecified atom stereocenters. The summed E-state index contributed by atoms with van der Waals surface area (Å²) in [6.45, 7) is 0.925. The van der Waals surface area contributed by atoms with Gasteiger partial charge < -0.3 is 0 Å². The summed E-state index contributed by atoms with van der Waals surface area (Å²) >= 11 is 0. The highest BCUT2D eigenvalue weighted by atomic mass is 31.2. The van der Waals surface area contributed by atoms with Crippen LogP contribution in [-0.2, 0) is 37.4 Å². The summed E-state index contributed by atoms with van der Waals surface area (Å²) in [4.78, 5) is 0. The number of rotatable bonds is 14. The first-order valence-corrected chi connectivity index (χ1v) is 12.3. The zero-order valence-corrected chi connectivity index (χ0v) is 18.8. The van der Waals surface area contributed by atoms with Crippen molar-refractivity contribution in [2.45, 2.75) is 32.1 Å². The van der Waals surface area contributed by atoms with E-state index < -0.39 is 7.82 Å². The number of benzene rings is 3. The van der Waals surface area contributed by atoms with Crippen LogP contribution in [0.5, 0.6) is 0 Å². The molecular formula is C26H31O4P. The van der Waals surface area contributed by atoms with Gasteiger partial charge in [-0.25, -0.2) is 4.57 Å². The number of hydrogen-bond donors (Lipinski definition) is 0. The van der Waals surface area contributed by atoms with Crippen LogP contribution in [0.2, 0.25) is 0 Å². The number of unbranched alkanes of at least 4 members (excludes halogenated alkanes) is 1. The fraction of sp³-hybridized carbons (Fsp3) is 0.308. The molecule has 0 heterocycles. The van der Waals surface area contributed by atoms with Crippen LogP contribution in [0.3, 0.4) is 0 Å². The van der Waals surface area contributed by atoms with Crippen molar-refractivity contribution in [2.24, 2.45) is 0 Å². The molecule has 0 radical (unpaired) electrons. The number of hydrogen-bond acceptors (Lipinski definition) is 4. The van der Waals surface area contributed by atoms with Gasteiger partial charge in [0.2, 0.25) is 0 Å². The lowest BCUT2D eigenvalue weighted by Gasteiger charge is -2.18. The smallest absolute Gasteiger partial charge is 0.287 e. The van der Waals surface area contributed by atoms with E-state index in [4.69, 9.17) is 13.6 Å². The van der Waals surface area contributed by atoms with Crippen LogP contribution in [0.4, 0.5) is 0 Å². The molecule has 4 nitrogen and oxygen atoms in total. The maximum absolute atomic E-state index is 13.2. The first-order valence-electron chi connectivity index (χ1n) is 10.9. The van der Waals surface area contributed by atoms with E-state index >= 15 is 0 Å². The number of phosphoric ester groups is 1. The molecule has 0 aliphatic heterocycles. The highest BCUT2D eigenvalue weighted by Crippen LogP contribution is 2.49. The van der Waals surface area contributed by atoms with E-state index in [0.29, 0.717) is 19.4 Å². The average Bonchev–Trinajstić information content (AvgIpc) is 2.81. The highest BCUT2D eigenvalue weighted by molar-refractivity contribution is 7.48. The van der Waals surface area contributed by atoms with Crippen molar-refractivity contribution in [1.29, 1.82) is 0 Å². The molecule has 5 heteroatoms. The minimum Gasteiger partial charge on any atom is -0.287 e. The lowest BCUT2D eigenvalue weighted by Crippen LogP contribution is -2.07. The van der Waals surface area contributed by atoms with Crippen LogP contribution in [0.15, 0.2) is 91.0 Å². The first kappa shape index (κ1) is 23.4. The molecule has 0 atom stereocenters. The molecule has 0 saturated carbocycles. The van der Waals surface area contributed by atoms with Crippen molar-refractivity contribution in [3.8, 4) is 0 Å². The van der Waals surface area contributed by atoms with Crippen LogP contribution >= 0.6 is 7.82 Å². The molecule has 0 bridgehead atoms. The fourth-order valence-corrected chi connectivity index (χ4v) is 4.41. The lowest BCUT2D eigenvalue weighted by molar-refractivity contribution is 0.113. The summed E-state index contributed by atoms with van der Waals surface area (Å²) < 4.78 is 30.1. The summed E-state index contributed by atoms with van der Waals surface area (Å²) in [6, 6.07) is 30.3. The van der Waals surface area contributed by atoms with Gasteiger partial charge in [0.05, 0.1) is 19.8 Å². The molecule has 0 aromatic heterocycles. The van der Waals surface area contributed by atoms with E-state index in [9.17, 15) is 4.57 Å². The van der Waals surface area contributed by atoms with Gasteiger partial charge in [-0.1, -0.05) is 91.0 Å². The van der Waals surface area contributed by atoms with Crippen LogP contribution in [0, 0.1) is 0 Å². The summed E-state index contributed by atoms with van der Waals surface area (Å²) in [5.74, 6) is 0. The molecule has 164 valence electrons. The molecule has 0 spiro atoms. The second kappa shape index (κ2) is 13.2. The highest BCUT2D eigenvalue weighted by Gasteiger charge is 2.26. The maximum atomic E-state index is 13.2. The molecule has 0 fully saturated rings. The van der Waals surface area contributed by atoms with Gasteiger partial charge in [-0.05, 0) is 48.8 Å². The van der Waals surface area contributed by atoms with Gasteiger partial charge in [0.25, 0.3) is 0 Å². The Balaban J connectivity index is 1.45. The maximum Gasteiger partial charge on any atom is 0.474 e. The Morgan fingerprint density at radius 1 is 0.484 bits per heavy atom. The summed E-state index contributed by atoms with van der Waals surface area (Å²) in [5.41, 5.74) is 3.55. The summed E-state index contributed by atoms with van der Waals surface area (Å²) in [5, 5.41) is 0. The van der Waals surface area contributed by atoms with Crippen molar-refractivity contribution in [2.75, 3.05) is 19.8 Å². The van der Waals surface area contributed by atoms with Gasteiger partial charge in [-0.3, -0.25) is 13.6 Å². The molecule has 0 aliphatic carbocycles. The number of phosphoric acid groups is 1. The van der Waals surface area contributed by atoms with Crippen molar-refractivity contribution in [3.05, 3.63) is 108 Å². The van der Waals surface area contributed by atoms with Crippen LogP contribution in [0.1, 0.15) is 29.5 Å². The summed E-state index contributed by atoms with van der Waals surface area (Å²) in [6.07, 6.45) is 4.04. The molecule has 3 rings (SSSR count). The Morgan fingerprint density at radius 3 is 1.32 bits per heavy atom. The topological polar surface area (TPSA) is 44.8 Å². The van der Waals surface area contributed by atoms with E-state index in [1.165, 1.54) is 5.56 Å². The molecule has 0 saturated heterocycles. The molecular weight excluding hydrogens is 407 g/mol. The summed E-state index contributed by atoms with van der Waals surface area (Å²) in [7, 11) is -3.61. The monoisotopic (exact) mass is 438 g/mol. The van der Waals surface area contributed by atoms with E-state index in [2.05, 4.69) is 12.1 Å². The molecule has 3 aromatic carbocycles. The minimum atomic E-state index is -3.61. The quantitative estimate of drug-likeness (QED) is 0.209. The van der Waals surface area contributed by atoms with Crippen LogP contribution in [-0.4, -0.2) is 19.8 Å². The van der Waals surface area contributed by atoms with E-state index in [1.807, 2.05) is 78.9 Å². The van der Waals surface area contributed by atoms with Gasteiger partial charge in [0.1, 0.15) is 0 Å². The largest absolute Gasteiger partial charge is 0.474 e. The molecule has 3 aromatic rings. The zero-order valence-electron chi connectivity index (χ0n) is 17.9. The Labute approximate surface area is 185 Å². The third-order valence-corrected chi connectivity index (χ3v) is 6.41. The Hall–Kier alpha value is -2.23. The third-order valence-electron chi connectivity index (χ3n) is 4.92. The van der Waals surface area contributed by atoms with Gasteiger partial charge in [-0.15, -0.1) is 0 Å². The fourth-order valence-electron chi connectivity index (χ4n) is 3.20. The average molecular weight is 439 g/mol. The number of aryl methyl sites for hydroxylation is 1. The predicted octanol–water partition coefficient (Wildman–Crippen LogP) is 6.65. The third kappa shape index (κ3) is 9.20. The molecule has 0 N–H and O–H groups in total. The molecule has 0 amide bonds. The first-order chi connectivity index (χ1) is 15.2. The zero-order chi connectivity index (χ0) is 21.6. The van der Waals surface area contributed by atoms with E-state index in [0.717, 1.165) is 30.4 Å². The van der Waals surface area contributed by atoms with Crippen LogP contribution < -0.4 is 0 Å². The van der Waals surface area contributed by atoms with Crippen molar-refractivity contribution >= 4 is 7.82 Å².